The molecule has 0 heterocycles. The van der Waals surface area contributed by atoms with E-state index >= 15 is 0 Å². The molecule has 0 aliphatic heterocycles. The molecule has 8 nitrogen and oxygen atoms in total. The molecule has 0 saturated carbocycles. The van der Waals surface area contributed by atoms with Gasteiger partial charge in [-0.05, 0) is 57.8 Å². The third-order valence-corrected chi connectivity index (χ3v) is 10.0. The van der Waals surface area contributed by atoms with Crippen molar-refractivity contribution >= 4 is 17.9 Å². The van der Waals surface area contributed by atoms with Crippen molar-refractivity contribution in [2.24, 2.45) is 0 Å². The van der Waals surface area contributed by atoms with E-state index in [9.17, 15) is 19.5 Å². The Balaban J connectivity index is 4.22. The number of carboxylic acid groups (broad SMARTS) is 1. The van der Waals surface area contributed by atoms with Crippen LogP contribution >= 0.6 is 0 Å². The Morgan fingerprint density at radius 1 is 0.564 bits per heavy atom. The Morgan fingerprint density at radius 3 is 1.51 bits per heavy atom. The predicted octanol–water partition coefficient (Wildman–Crippen LogP) is 12.2. The Morgan fingerprint density at radius 2 is 1.02 bits per heavy atom. The van der Waals surface area contributed by atoms with Gasteiger partial charge in [-0.2, -0.15) is 0 Å². The van der Waals surface area contributed by atoms with Gasteiger partial charge in [-0.3, -0.25) is 9.59 Å². The number of nitrogens with zero attached hydrogens (tertiary/aromatic N) is 1. The summed E-state index contributed by atoms with van der Waals surface area (Å²) in [5.74, 6) is -1.48. The molecule has 0 spiro atoms. The Kier molecular flexibility index (Phi) is 36.7. The molecule has 0 aromatic heterocycles. The molecule has 0 bridgehead atoms. The summed E-state index contributed by atoms with van der Waals surface area (Å²) in [5, 5.41) is 9.61. The van der Waals surface area contributed by atoms with Crippen molar-refractivity contribution in [2.75, 3.05) is 41.0 Å². The number of hydrogen-bond donors (Lipinski definition) is 1. The zero-order valence-electron chi connectivity index (χ0n) is 36.4. The number of ether oxygens (including phenoxy) is 3. The first-order valence-electron chi connectivity index (χ1n) is 22.5. The molecule has 0 rings (SSSR count). The second-order valence-electron chi connectivity index (χ2n) is 16.3. The van der Waals surface area contributed by atoms with Crippen LogP contribution in [0.2, 0.25) is 0 Å². The number of esters is 2. The van der Waals surface area contributed by atoms with Crippen LogP contribution in [-0.4, -0.2) is 80.6 Å². The van der Waals surface area contributed by atoms with Crippen molar-refractivity contribution in [3.05, 3.63) is 36.5 Å². The van der Waals surface area contributed by atoms with E-state index in [1.54, 1.807) is 0 Å². The quantitative estimate of drug-likeness (QED) is 0.0286. The molecule has 55 heavy (non-hydrogen) atoms. The molecule has 1 N–H and O–H groups in total. The van der Waals surface area contributed by atoms with Gasteiger partial charge in [-0.25, -0.2) is 4.79 Å². The zero-order valence-corrected chi connectivity index (χ0v) is 36.4. The second kappa shape index (κ2) is 38.4. The molecule has 0 aliphatic carbocycles. The normalized spacial score (nSPS) is 13.3. The topological polar surface area (TPSA) is 99.1 Å². The monoisotopic (exact) mass is 777 g/mol. The standard InChI is InChI=1S/C47H85NO7/c1-6-8-10-12-14-16-18-19-20-21-22-23-24-25-26-27-28-30-32-34-36-38-46(50)55-43(41-53-40-39-44(47(51)52)48(3,4)5)42-54-45(49)37-35-33-31-29-17-15-13-11-9-7-2/h8,10,13-16,43-44H,6-7,9,11-12,17-42H2,1-5H3/p+1/b10-8+,15-13+,16-14+. The summed E-state index contributed by atoms with van der Waals surface area (Å²) in [5.41, 5.74) is 0. The van der Waals surface area contributed by atoms with Crippen molar-refractivity contribution < 1.29 is 38.2 Å². The fourth-order valence-electron chi connectivity index (χ4n) is 6.52. The molecule has 0 fully saturated rings. The van der Waals surface area contributed by atoms with Crippen LogP contribution in [0.3, 0.4) is 0 Å². The average molecular weight is 777 g/mol. The molecular formula is C47H86NO7+. The minimum absolute atomic E-state index is 0.0553. The highest BCUT2D eigenvalue weighted by Gasteiger charge is 2.31. The second-order valence-corrected chi connectivity index (χ2v) is 16.3. The van der Waals surface area contributed by atoms with E-state index in [-0.39, 0.29) is 36.2 Å². The lowest BCUT2D eigenvalue weighted by molar-refractivity contribution is -0.887. The molecule has 320 valence electrons. The van der Waals surface area contributed by atoms with Crippen LogP contribution in [0.25, 0.3) is 0 Å². The summed E-state index contributed by atoms with van der Waals surface area (Å²) in [6.45, 7) is 4.59. The van der Waals surface area contributed by atoms with Crippen molar-refractivity contribution in [1.29, 1.82) is 0 Å². The highest BCUT2D eigenvalue weighted by atomic mass is 16.6. The molecule has 0 aromatic rings. The van der Waals surface area contributed by atoms with Gasteiger partial charge in [0, 0.05) is 19.3 Å². The van der Waals surface area contributed by atoms with Gasteiger partial charge in [0.15, 0.2) is 12.1 Å². The van der Waals surface area contributed by atoms with E-state index in [2.05, 4.69) is 50.3 Å². The fraction of sp³-hybridized carbons (Fsp3) is 0.809. The summed E-state index contributed by atoms with van der Waals surface area (Å²) < 4.78 is 17.2. The molecule has 0 amide bonds. The lowest BCUT2D eigenvalue weighted by Crippen LogP contribution is -2.50. The van der Waals surface area contributed by atoms with E-state index < -0.39 is 18.1 Å². The van der Waals surface area contributed by atoms with Crippen LogP contribution < -0.4 is 0 Å². The van der Waals surface area contributed by atoms with Crippen LogP contribution in [0.15, 0.2) is 36.5 Å². The maximum Gasteiger partial charge on any atom is 0.362 e. The van der Waals surface area contributed by atoms with Gasteiger partial charge >= 0.3 is 17.9 Å². The minimum atomic E-state index is -0.876. The van der Waals surface area contributed by atoms with E-state index in [1.807, 2.05) is 21.1 Å². The maximum atomic E-state index is 12.7. The number of likely N-dealkylation sites (N-methyl/N-ethyl adjacent to an activating group) is 1. The first-order valence-corrected chi connectivity index (χ1v) is 22.5. The Bertz CT molecular complexity index is 1000. The first kappa shape index (κ1) is 52.6. The van der Waals surface area contributed by atoms with Gasteiger partial charge in [-0.1, -0.05) is 153 Å². The van der Waals surface area contributed by atoms with Gasteiger partial charge in [0.2, 0.25) is 0 Å². The van der Waals surface area contributed by atoms with Crippen molar-refractivity contribution in [3.8, 4) is 0 Å². The van der Waals surface area contributed by atoms with Crippen LogP contribution in [0.5, 0.6) is 0 Å². The molecule has 0 radical (unpaired) electrons. The lowest BCUT2D eigenvalue weighted by Gasteiger charge is -2.31. The lowest BCUT2D eigenvalue weighted by atomic mass is 10.0. The molecule has 0 aromatic carbocycles. The number of quaternary nitrogens is 1. The van der Waals surface area contributed by atoms with E-state index in [4.69, 9.17) is 14.2 Å². The largest absolute Gasteiger partial charge is 0.477 e. The van der Waals surface area contributed by atoms with Crippen molar-refractivity contribution in [1.82, 2.24) is 0 Å². The number of carboxylic acids is 1. The zero-order chi connectivity index (χ0) is 40.7. The summed E-state index contributed by atoms with van der Waals surface area (Å²) >= 11 is 0. The third kappa shape index (κ3) is 36.9. The van der Waals surface area contributed by atoms with E-state index in [0.717, 1.165) is 70.6 Å². The van der Waals surface area contributed by atoms with Gasteiger partial charge in [0.1, 0.15) is 6.61 Å². The number of carbonyl (C=O) groups is 3. The van der Waals surface area contributed by atoms with Gasteiger partial charge in [0.25, 0.3) is 0 Å². The van der Waals surface area contributed by atoms with Crippen molar-refractivity contribution in [3.63, 3.8) is 0 Å². The number of aliphatic carboxylic acids is 1. The van der Waals surface area contributed by atoms with Gasteiger partial charge < -0.3 is 23.8 Å². The summed E-state index contributed by atoms with van der Waals surface area (Å²) in [4.78, 5) is 36.9. The van der Waals surface area contributed by atoms with Crippen molar-refractivity contribution in [2.45, 2.75) is 206 Å². The molecule has 8 heteroatoms. The fourth-order valence-corrected chi connectivity index (χ4v) is 6.52. The summed E-state index contributed by atoms with van der Waals surface area (Å²) in [6.07, 6.45) is 43.4. The van der Waals surface area contributed by atoms with Crippen LogP contribution in [0.1, 0.15) is 194 Å². The van der Waals surface area contributed by atoms with Crippen LogP contribution in [0, 0.1) is 0 Å². The molecular weight excluding hydrogens is 691 g/mol. The Hall–Kier alpha value is -2.45. The smallest absolute Gasteiger partial charge is 0.362 e. The Labute approximate surface area is 338 Å². The number of carbonyl (C=O) groups excluding carboxylic acids is 2. The average Bonchev–Trinajstić information content (AvgIpc) is 3.14. The number of hydrogen-bond acceptors (Lipinski definition) is 6. The molecule has 2 unspecified atom stereocenters. The van der Waals surface area contributed by atoms with Crippen LogP contribution in [0.4, 0.5) is 0 Å². The summed E-state index contributed by atoms with van der Waals surface area (Å²) in [6, 6.07) is -0.614. The SMILES string of the molecule is CC/C=C/C/C=C/CCCCCCCCCCCCCCCCC(=O)OC(COCCC(C(=O)O)[N+](C)(C)C)COC(=O)CCCCCC/C=C/CCCC. The van der Waals surface area contributed by atoms with Gasteiger partial charge in [-0.15, -0.1) is 0 Å². The molecule has 2 atom stereocenters. The van der Waals surface area contributed by atoms with Crippen LogP contribution in [-0.2, 0) is 28.6 Å². The number of allylic oxidation sites excluding steroid dienone is 6. The summed E-state index contributed by atoms with van der Waals surface area (Å²) in [7, 11) is 5.52. The highest BCUT2D eigenvalue weighted by Crippen LogP contribution is 2.15. The van der Waals surface area contributed by atoms with E-state index in [0.29, 0.717) is 19.3 Å². The first-order chi connectivity index (χ1) is 26.6. The number of unbranched alkanes of at least 4 members (excludes halogenated alkanes) is 20. The maximum absolute atomic E-state index is 12.7. The van der Waals surface area contributed by atoms with E-state index in [1.165, 1.54) is 89.9 Å². The molecule has 0 aliphatic rings. The molecule has 0 saturated heterocycles. The number of rotatable bonds is 40. The third-order valence-electron chi connectivity index (χ3n) is 10.0. The predicted molar refractivity (Wildman–Crippen MR) is 229 cm³/mol. The minimum Gasteiger partial charge on any atom is -0.477 e. The van der Waals surface area contributed by atoms with Gasteiger partial charge in [0.05, 0.1) is 34.4 Å². The highest BCUT2D eigenvalue weighted by molar-refractivity contribution is 5.72.